The quantitative estimate of drug-likeness (QED) is 0.399. The molecule has 0 aromatic carbocycles. The number of pyridine rings is 1. The molecule has 24 heavy (non-hydrogen) atoms. The molecule has 6 heteroatoms. The molecule has 136 valence electrons. The van der Waals surface area contributed by atoms with Crippen LogP contribution in [0.5, 0.6) is 5.75 Å². The van der Waals surface area contributed by atoms with Gasteiger partial charge < -0.3 is 15.4 Å². The Balaban J connectivity index is 0.00000288. The van der Waals surface area contributed by atoms with Crippen molar-refractivity contribution in [2.45, 2.75) is 53.0 Å². The third kappa shape index (κ3) is 4.74. The molecule has 1 saturated carbocycles. The van der Waals surface area contributed by atoms with Gasteiger partial charge in [0.05, 0.1) is 19.3 Å². The van der Waals surface area contributed by atoms with Crippen LogP contribution in [-0.4, -0.2) is 31.6 Å². The number of methoxy groups -OCH3 is 1. The van der Waals surface area contributed by atoms with Crippen molar-refractivity contribution < 1.29 is 4.74 Å². The SMILES string of the molecule is CCC1(CNC(=NC)NCc2ncc(C)c(OC)c2C)CCC1.I. The lowest BCUT2D eigenvalue weighted by Crippen LogP contribution is -2.46. The first-order valence-corrected chi connectivity index (χ1v) is 8.49. The fourth-order valence-electron chi connectivity index (χ4n) is 3.24. The molecule has 0 unspecified atom stereocenters. The molecule has 1 aliphatic rings. The molecule has 0 amide bonds. The predicted molar refractivity (Wildman–Crippen MR) is 110 cm³/mol. The minimum Gasteiger partial charge on any atom is -0.496 e. The molecule has 0 spiro atoms. The van der Waals surface area contributed by atoms with Crippen molar-refractivity contribution in [3.8, 4) is 5.75 Å². The summed E-state index contributed by atoms with van der Waals surface area (Å²) in [5.74, 6) is 1.75. The molecule has 0 bridgehead atoms. The number of ether oxygens (including phenoxy) is 1. The Bertz CT molecular complexity index is 565. The molecule has 0 saturated heterocycles. The third-order valence-electron chi connectivity index (χ3n) is 5.19. The Morgan fingerprint density at radius 1 is 1.33 bits per heavy atom. The number of hydrogen-bond acceptors (Lipinski definition) is 3. The Morgan fingerprint density at radius 2 is 2.04 bits per heavy atom. The summed E-state index contributed by atoms with van der Waals surface area (Å²) in [5, 5.41) is 6.84. The van der Waals surface area contributed by atoms with Gasteiger partial charge in [0.15, 0.2) is 5.96 Å². The van der Waals surface area contributed by atoms with Crippen molar-refractivity contribution in [2.75, 3.05) is 20.7 Å². The maximum Gasteiger partial charge on any atom is 0.191 e. The summed E-state index contributed by atoms with van der Waals surface area (Å²) in [6.07, 6.45) is 7.09. The summed E-state index contributed by atoms with van der Waals surface area (Å²) in [5.41, 5.74) is 3.61. The number of guanidine groups is 1. The van der Waals surface area contributed by atoms with Crippen molar-refractivity contribution in [2.24, 2.45) is 10.4 Å². The maximum atomic E-state index is 5.46. The van der Waals surface area contributed by atoms with Gasteiger partial charge in [0.2, 0.25) is 0 Å². The fraction of sp³-hybridized carbons (Fsp3) is 0.667. The minimum absolute atomic E-state index is 0. The van der Waals surface area contributed by atoms with Crippen LogP contribution in [0, 0.1) is 19.3 Å². The summed E-state index contributed by atoms with van der Waals surface area (Å²) in [6, 6.07) is 0. The Hall–Kier alpha value is -1.05. The molecule has 2 rings (SSSR count). The average Bonchev–Trinajstić information content (AvgIpc) is 2.51. The van der Waals surface area contributed by atoms with Gasteiger partial charge in [-0.15, -0.1) is 24.0 Å². The zero-order valence-corrected chi connectivity index (χ0v) is 17.9. The van der Waals surface area contributed by atoms with Crippen LogP contribution in [-0.2, 0) is 6.54 Å². The summed E-state index contributed by atoms with van der Waals surface area (Å²) in [6.45, 7) is 7.97. The smallest absolute Gasteiger partial charge is 0.191 e. The van der Waals surface area contributed by atoms with E-state index in [2.05, 4.69) is 27.5 Å². The number of rotatable bonds is 6. The van der Waals surface area contributed by atoms with Gasteiger partial charge in [-0.2, -0.15) is 0 Å². The molecule has 0 aliphatic heterocycles. The number of aliphatic imine (C=N–C) groups is 1. The highest BCUT2D eigenvalue weighted by Crippen LogP contribution is 2.42. The number of nitrogens with one attached hydrogen (secondary N) is 2. The first-order valence-electron chi connectivity index (χ1n) is 8.49. The summed E-state index contributed by atoms with van der Waals surface area (Å²) >= 11 is 0. The second-order valence-electron chi connectivity index (χ2n) is 6.53. The molecule has 5 nitrogen and oxygen atoms in total. The van der Waals surface area contributed by atoms with Crippen molar-refractivity contribution >= 4 is 29.9 Å². The maximum absolute atomic E-state index is 5.46. The van der Waals surface area contributed by atoms with Gasteiger partial charge in [-0.3, -0.25) is 9.98 Å². The standard InChI is InChI=1S/C18H30N4O.HI/c1-6-18(8-7-9-18)12-22-17(19-4)21-11-15-14(3)16(23-5)13(2)10-20-15;/h10H,6-9,11-12H2,1-5H3,(H2,19,21,22);1H. The highest BCUT2D eigenvalue weighted by molar-refractivity contribution is 14.0. The van der Waals surface area contributed by atoms with Crippen LogP contribution in [0.25, 0.3) is 0 Å². The minimum atomic E-state index is 0. The normalized spacial score (nSPS) is 16.0. The van der Waals surface area contributed by atoms with E-state index in [4.69, 9.17) is 4.74 Å². The van der Waals surface area contributed by atoms with E-state index in [1.807, 2.05) is 27.1 Å². The number of aromatic nitrogens is 1. The molecular weight excluding hydrogens is 415 g/mol. The van der Waals surface area contributed by atoms with Crippen LogP contribution >= 0.6 is 24.0 Å². The lowest BCUT2D eigenvalue weighted by Gasteiger charge is -2.41. The zero-order valence-electron chi connectivity index (χ0n) is 15.5. The van der Waals surface area contributed by atoms with E-state index in [-0.39, 0.29) is 24.0 Å². The highest BCUT2D eigenvalue weighted by Gasteiger charge is 2.34. The summed E-state index contributed by atoms with van der Waals surface area (Å²) < 4.78 is 5.46. The van der Waals surface area contributed by atoms with Gasteiger partial charge in [-0.1, -0.05) is 13.3 Å². The molecular formula is C18H31IN4O. The van der Waals surface area contributed by atoms with Crippen LogP contribution in [0.2, 0.25) is 0 Å². The van der Waals surface area contributed by atoms with E-state index < -0.39 is 0 Å². The number of hydrogen-bond donors (Lipinski definition) is 2. The van der Waals surface area contributed by atoms with Gasteiger partial charge in [-0.25, -0.2) is 0 Å². The second-order valence-corrected chi connectivity index (χ2v) is 6.53. The lowest BCUT2D eigenvalue weighted by molar-refractivity contribution is 0.131. The lowest BCUT2D eigenvalue weighted by atomic mass is 9.67. The zero-order chi connectivity index (χ0) is 16.9. The monoisotopic (exact) mass is 446 g/mol. The molecule has 1 aromatic heterocycles. The Morgan fingerprint density at radius 3 is 2.54 bits per heavy atom. The van der Waals surface area contributed by atoms with Crippen LogP contribution in [0.1, 0.15) is 49.4 Å². The van der Waals surface area contributed by atoms with E-state index in [0.29, 0.717) is 12.0 Å². The fourth-order valence-corrected chi connectivity index (χ4v) is 3.24. The average molecular weight is 446 g/mol. The van der Waals surface area contributed by atoms with E-state index in [1.54, 1.807) is 7.11 Å². The van der Waals surface area contributed by atoms with E-state index in [0.717, 1.165) is 35.1 Å². The van der Waals surface area contributed by atoms with E-state index in [1.165, 1.54) is 25.7 Å². The highest BCUT2D eigenvalue weighted by atomic mass is 127. The second kappa shape index (κ2) is 9.44. The number of halogens is 1. The first-order chi connectivity index (χ1) is 11.0. The molecule has 0 radical (unpaired) electrons. The van der Waals surface area contributed by atoms with Crippen molar-refractivity contribution in [3.05, 3.63) is 23.0 Å². The summed E-state index contributed by atoms with van der Waals surface area (Å²) in [4.78, 5) is 8.84. The first kappa shape index (κ1) is 21.0. The van der Waals surface area contributed by atoms with Crippen molar-refractivity contribution in [3.63, 3.8) is 0 Å². The third-order valence-corrected chi connectivity index (χ3v) is 5.19. The van der Waals surface area contributed by atoms with Gasteiger partial charge in [0.25, 0.3) is 0 Å². The van der Waals surface area contributed by atoms with Gasteiger partial charge in [0, 0.05) is 30.9 Å². The topological polar surface area (TPSA) is 58.5 Å². The van der Waals surface area contributed by atoms with Crippen LogP contribution in [0.15, 0.2) is 11.2 Å². The van der Waals surface area contributed by atoms with E-state index >= 15 is 0 Å². The molecule has 1 heterocycles. The molecule has 2 N–H and O–H groups in total. The number of aryl methyl sites for hydroxylation is 1. The Labute approximate surface area is 163 Å². The van der Waals surface area contributed by atoms with Crippen LogP contribution < -0.4 is 15.4 Å². The van der Waals surface area contributed by atoms with Crippen LogP contribution in [0.3, 0.4) is 0 Å². The number of nitrogens with zero attached hydrogens (tertiary/aromatic N) is 2. The van der Waals surface area contributed by atoms with Crippen molar-refractivity contribution in [1.82, 2.24) is 15.6 Å². The molecule has 1 aliphatic carbocycles. The van der Waals surface area contributed by atoms with Crippen LogP contribution in [0.4, 0.5) is 0 Å². The summed E-state index contributed by atoms with van der Waals surface area (Å²) in [7, 11) is 3.51. The molecule has 1 fully saturated rings. The largest absolute Gasteiger partial charge is 0.496 e. The van der Waals surface area contributed by atoms with Gasteiger partial charge >= 0.3 is 0 Å². The molecule has 1 aromatic rings. The van der Waals surface area contributed by atoms with Gasteiger partial charge in [-0.05, 0) is 38.5 Å². The Kier molecular flexibility index (Phi) is 8.26. The van der Waals surface area contributed by atoms with Crippen molar-refractivity contribution in [1.29, 1.82) is 0 Å². The predicted octanol–water partition coefficient (Wildman–Crippen LogP) is 3.57. The van der Waals surface area contributed by atoms with E-state index in [9.17, 15) is 0 Å². The molecule has 0 atom stereocenters. The van der Waals surface area contributed by atoms with Gasteiger partial charge in [0.1, 0.15) is 5.75 Å².